The Morgan fingerprint density at radius 1 is 1.13 bits per heavy atom. The van der Waals surface area contributed by atoms with Crippen LogP contribution in [0.1, 0.15) is 6.92 Å². The number of hydrogen-bond acceptors (Lipinski definition) is 5. The molecule has 5 heteroatoms. The second kappa shape index (κ2) is 7.33. The molecule has 0 atom stereocenters. The first kappa shape index (κ1) is 15.6. The topological polar surface area (TPSA) is 43.8 Å². The lowest BCUT2D eigenvalue weighted by Crippen LogP contribution is -2.37. The van der Waals surface area contributed by atoms with Crippen LogP contribution in [0, 0.1) is 0 Å². The van der Waals surface area contributed by atoms with Crippen LogP contribution in [0.4, 0.5) is 5.69 Å². The molecule has 1 fully saturated rings. The maximum absolute atomic E-state index is 5.78. The Kier molecular flexibility index (Phi) is 4.98. The molecule has 0 unspecified atom stereocenters. The Hall–Kier alpha value is -2.27. The van der Waals surface area contributed by atoms with Gasteiger partial charge in [-0.25, -0.2) is 4.98 Å². The number of anilines is 1. The average Bonchev–Trinajstić information content (AvgIpc) is 2.63. The molecule has 1 saturated heterocycles. The van der Waals surface area contributed by atoms with E-state index < -0.39 is 0 Å². The largest absolute Gasteiger partial charge is 0.497 e. The Morgan fingerprint density at radius 3 is 2.52 bits per heavy atom. The molecule has 2 heterocycles. The number of nitrogens with zero attached hydrogens (tertiary/aromatic N) is 2. The van der Waals surface area contributed by atoms with Gasteiger partial charge in [-0.2, -0.15) is 0 Å². The molecule has 0 saturated carbocycles. The van der Waals surface area contributed by atoms with E-state index in [1.807, 2.05) is 25.1 Å². The van der Waals surface area contributed by atoms with Crippen LogP contribution in [-0.4, -0.2) is 45.0 Å². The van der Waals surface area contributed by atoms with Crippen molar-refractivity contribution in [3.8, 4) is 22.8 Å². The van der Waals surface area contributed by atoms with E-state index in [1.165, 1.54) is 0 Å². The van der Waals surface area contributed by atoms with Crippen molar-refractivity contribution in [2.24, 2.45) is 0 Å². The van der Waals surface area contributed by atoms with Crippen LogP contribution >= 0.6 is 0 Å². The number of rotatable bonds is 5. The third kappa shape index (κ3) is 3.40. The lowest BCUT2D eigenvalue weighted by molar-refractivity contribution is 0.122. The van der Waals surface area contributed by atoms with E-state index >= 15 is 0 Å². The first-order valence-electron chi connectivity index (χ1n) is 7.92. The van der Waals surface area contributed by atoms with E-state index in [0.717, 1.165) is 48.9 Å². The first-order chi connectivity index (χ1) is 11.3. The van der Waals surface area contributed by atoms with Gasteiger partial charge in [0.05, 0.1) is 26.9 Å². The quantitative estimate of drug-likeness (QED) is 0.849. The van der Waals surface area contributed by atoms with E-state index in [-0.39, 0.29) is 0 Å². The second-order valence-corrected chi connectivity index (χ2v) is 5.27. The molecule has 122 valence electrons. The van der Waals surface area contributed by atoms with Crippen molar-refractivity contribution in [1.82, 2.24) is 4.98 Å². The summed E-state index contributed by atoms with van der Waals surface area (Å²) in [4.78, 5) is 6.73. The highest BCUT2D eigenvalue weighted by molar-refractivity contribution is 5.82. The maximum atomic E-state index is 5.78. The summed E-state index contributed by atoms with van der Waals surface area (Å²) < 4.78 is 16.5. The Morgan fingerprint density at radius 2 is 1.87 bits per heavy atom. The molecule has 0 N–H and O–H groups in total. The van der Waals surface area contributed by atoms with Crippen molar-refractivity contribution in [2.75, 3.05) is 44.9 Å². The minimum Gasteiger partial charge on any atom is -0.497 e. The Labute approximate surface area is 136 Å². The molecule has 1 aromatic heterocycles. The zero-order valence-corrected chi connectivity index (χ0v) is 13.6. The highest BCUT2D eigenvalue weighted by Crippen LogP contribution is 2.38. The summed E-state index contributed by atoms with van der Waals surface area (Å²) in [5.41, 5.74) is 3.28. The lowest BCUT2D eigenvalue weighted by atomic mass is 10.0. The predicted molar refractivity (Wildman–Crippen MR) is 90.4 cm³/mol. The number of methoxy groups -OCH3 is 1. The van der Waals surface area contributed by atoms with Crippen molar-refractivity contribution in [3.63, 3.8) is 0 Å². The molecule has 23 heavy (non-hydrogen) atoms. The molecule has 3 rings (SSSR count). The lowest BCUT2D eigenvalue weighted by Gasteiger charge is -2.31. The van der Waals surface area contributed by atoms with Gasteiger partial charge in [-0.3, -0.25) is 0 Å². The number of morpholine rings is 1. The summed E-state index contributed by atoms with van der Waals surface area (Å²) in [7, 11) is 1.67. The normalized spacial score (nSPS) is 14.6. The molecule has 0 amide bonds. The summed E-state index contributed by atoms with van der Waals surface area (Å²) in [5, 5.41) is 0. The summed E-state index contributed by atoms with van der Waals surface area (Å²) in [6, 6.07) is 10.1. The number of pyridine rings is 1. The minimum absolute atomic E-state index is 0.594. The third-order valence-electron chi connectivity index (χ3n) is 3.90. The highest BCUT2D eigenvalue weighted by Gasteiger charge is 2.21. The fourth-order valence-corrected chi connectivity index (χ4v) is 2.77. The SMILES string of the molecule is CCOc1nccc(-c2ccc(OC)cc2)c1N1CCOCC1. The van der Waals surface area contributed by atoms with E-state index in [9.17, 15) is 0 Å². The summed E-state index contributed by atoms with van der Waals surface area (Å²) >= 11 is 0. The molecule has 0 radical (unpaired) electrons. The standard InChI is InChI=1S/C18H22N2O3/c1-3-23-18-17(20-10-12-22-13-11-20)16(8-9-19-18)14-4-6-15(21-2)7-5-14/h4-9H,3,10-13H2,1-2H3. The maximum Gasteiger partial charge on any atom is 0.238 e. The average molecular weight is 314 g/mol. The molecule has 1 aliphatic heterocycles. The Bertz CT molecular complexity index is 637. The van der Waals surface area contributed by atoms with Gasteiger partial charge in [0, 0.05) is 24.8 Å². The number of ether oxygens (including phenoxy) is 3. The molecule has 0 bridgehead atoms. The van der Waals surface area contributed by atoms with Crippen LogP contribution in [0.2, 0.25) is 0 Å². The van der Waals surface area contributed by atoms with Gasteiger partial charge in [-0.15, -0.1) is 0 Å². The molecular weight excluding hydrogens is 292 g/mol. The van der Waals surface area contributed by atoms with Crippen molar-refractivity contribution in [3.05, 3.63) is 36.5 Å². The summed E-state index contributed by atoms with van der Waals surface area (Å²) in [6.45, 7) is 5.70. The van der Waals surface area contributed by atoms with E-state index in [0.29, 0.717) is 12.5 Å². The zero-order chi connectivity index (χ0) is 16.1. The summed E-state index contributed by atoms with van der Waals surface area (Å²) in [6.07, 6.45) is 1.80. The molecule has 1 aliphatic rings. The zero-order valence-electron chi connectivity index (χ0n) is 13.6. The van der Waals surface area contributed by atoms with Crippen molar-refractivity contribution in [1.29, 1.82) is 0 Å². The van der Waals surface area contributed by atoms with Crippen LogP contribution in [0.25, 0.3) is 11.1 Å². The molecule has 2 aromatic rings. The molecule has 0 aliphatic carbocycles. The number of hydrogen-bond donors (Lipinski definition) is 0. The minimum atomic E-state index is 0.594. The summed E-state index contributed by atoms with van der Waals surface area (Å²) in [5.74, 6) is 1.53. The van der Waals surface area contributed by atoms with Crippen LogP contribution in [0.15, 0.2) is 36.5 Å². The van der Waals surface area contributed by atoms with E-state index in [2.05, 4.69) is 22.0 Å². The Balaban J connectivity index is 2.04. The third-order valence-corrected chi connectivity index (χ3v) is 3.90. The fourth-order valence-electron chi connectivity index (χ4n) is 2.77. The van der Waals surface area contributed by atoms with E-state index in [4.69, 9.17) is 14.2 Å². The van der Waals surface area contributed by atoms with Crippen molar-refractivity contribution >= 4 is 5.69 Å². The molecule has 1 aromatic carbocycles. The van der Waals surface area contributed by atoms with Gasteiger partial charge in [-0.1, -0.05) is 12.1 Å². The second-order valence-electron chi connectivity index (χ2n) is 5.27. The van der Waals surface area contributed by atoms with Gasteiger partial charge in [0.25, 0.3) is 0 Å². The number of aromatic nitrogens is 1. The van der Waals surface area contributed by atoms with Gasteiger partial charge in [0.15, 0.2) is 0 Å². The fraction of sp³-hybridized carbons (Fsp3) is 0.389. The smallest absolute Gasteiger partial charge is 0.238 e. The molecule has 0 spiro atoms. The molecular formula is C18H22N2O3. The monoisotopic (exact) mass is 314 g/mol. The van der Waals surface area contributed by atoms with Gasteiger partial charge >= 0.3 is 0 Å². The van der Waals surface area contributed by atoms with Crippen LogP contribution in [-0.2, 0) is 4.74 Å². The van der Waals surface area contributed by atoms with Crippen LogP contribution in [0.5, 0.6) is 11.6 Å². The number of benzene rings is 1. The van der Waals surface area contributed by atoms with Crippen molar-refractivity contribution < 1.29 is 14.2 Å². The van der Waals surface area contributed by atoms with Crippen LogP contribution in [0.3, 0.4) is 0 Å². The van der Waals surface area contributed by atoms with Crippen molar-refractivity contribution in [2.45, 2.75) is 6.92 Å². The van der Waals surface area contributed by atoms with Gasteiger partial charge in [0.2, 0.25) is 5.88 Å². The van der Waals surface area contributed by atoms with E-state index in [1.54, 1.807) is 13.3 Å². The van der Waals surface area contributed by atoms with Gasteiger partial charge in [0.1, 0.15) is 11.4 Å². The molecule has 5 nitrogen and oxygen atoms in total. The predicted octanol–water partition coefficient (Wildman–Crippen LogP) is 2.99. The van der Waals surface area contributed by atoms with Gasteiger partial charge in [-0.05, 0) is 30.7 Å². The van der Waals surface area contributed by atoms with Crippen LogP contribution < -0.4 is 14.4 Å². The first-order valence-corrected chi connectivity index (χ1v) is 7.92. The highest BCUT2D eigenvalue weighted by atomic mass is 16.5. The van der Waals surface area contributed by atoms with Gasteiger partial charge < -0.3 is 19.1 Å².